The van der Waals surface area contributed by atoms with Crippen molar-refractivity contribution in [2.75, 3.05) is 18.0 Å². The van der Waals surface area contributed by atoms with E-state index in [1.165, 1.54) is 17.8 Å². The molecule has 0 aliphatic carbocycles. The fraction of sp³-hybridized carbons (Fsp3) is 0.357. The maximum absolute atomic E-state index is 13.3. The quantitative estimate of drug-likeness (QED) is 0.828. The average Bonchev–Trinajstić information content (AvgIpc) is 3.10. The number of hydrogen-bond donors (Lipinski definition) is 0. The van der Waals surface area contributed by atoms with Gasteiger partial charge >= 0.3 is 6.18 Å². The van der Waals surface area contributed by atoms with Crippen molar-refractivity contribution in [2.24, 2.45) is 0 Å². The van der Waals surface area contributed by atoms with Crippen LogP contribution in [0.4, 0.5) is 18.9 Å². The molecule has 1 aromatic carbocycles. The maximum Gasteiger partial charge on any atom is 0.418 e. The summed E-state index contributed by atoms with van der Waals surface area (Å²) in [5.41, 5.74) is 2.45. The largest absolute Gasteiger partial charge is 0.418 e. The van der Waals surface area contributed by atoms with E-state index in [1.807, 2.05) is 4.90 Å². The van der Waals surface area contributed by atoms with E-state index in [0.717, 1.165) is 12.8 Å². The molecule has 2 heterocycles. The first-order chi connectivity index (χ1) is 9.55. The van der Waals surface area contributed by atoms with Gasteiger partial charge in [0.05, 0.1) is 21.5 Å². The van der Waals surface area contributed by atoms with Crippen LogP contribution in [0, 0.1) is 0 Å². The van der Waals surface area contributed by atoms with E-state index >= 15 is 0 Å². The van der Waals surface area contributed by atoms with Crippen LogP contribution in [0.3, 0.4) is 0 Å². The smallest absolute Gasteiger partial charge is 0.371 e. The third kappa shape index (κ3) is 2.57. The van der Waals surface area contributed by atoms with Crippen LogP contribution in [0.2, 0.25) is 0 Å². The fourth-order valence-electron chi connectivity index (χ4n) is 2.51. The predicted molar refractivity (Wildman–Crippen MR) is 76.7 cm³/mol. The molecule has 1 aromatic rings. The van der Waals surface area contributed by atoms with Crippen molar-refractivity contribution in [1.29, 1.82) is 0 Å². The number of halogens is 3. The second-order valence-electron chi connectivity index (χ2n) is 4.80. The van der Waals surface area contributed by atoms with Crippen molar-refractivity contribution in [3.05, 3.63) is 34.7 Å². The standard InChI is InChI=1S/C14H13F3N2S/c15-14(16,17)11-7-10(12-8-20-9-18-12)3-4-13(11)19-5-1-2-6-19/h3-4,7-9H,1-2,5-6H2/q+1. The van der Waals surface area contributed by atoms with Crippen molar-refractivity contribution in [3.8, 4) is 0 Å². The van der Waals surface area contributed by atoms with Crippen LogP contribution >= 0.6 is 11.8 Å². The zero-order valence-corrected chi connectivity index (χ0v) is 11.5. The van der Waals surface area contributed by atoms with Gasteiger partial charge in [-0.05, 0) is 42.8 Å². The second kappa shape index (κ2) is 5.16. The van der Waals surface area contributed by atoms with E-state index < -0.39 is 11.7 Å². The fourth-order valence-corrected chi connectivity index (χ4v) is 3.07. The first kappa shape index (κ1) is 13.5. The molecule has 1 fully saturated rings. The molecule has 0 spiro atoms. The van der Waals surface area contributed by atoms with E-state index in [9.17, 15) is 13.2 Å². The summed E-state index contributed by atoms with van der Waals surface area (Å²) in [4.78, 5) is 5.89. The van der Waals surface area contributed by atoms with Crippen LogP contribution in [-0.2, 0) is 6.18 Å². The molecular weight excluding hydrogens is 285 g/mol. The van der Waals surface area contributed by atoms with Crippen molar-refractivity contribution in [3.63, 3.8) is 0 Å². The van der Waals surface area contributed by atoms with Gasteiger partial charge in [0.25, 0.3) is 11.2 Å². The second-order valence-corrected chi connectivity index (χ2v) is 5.52. The molecule has 2 aliphatic heterocycles. The molecule has 0 amide bonds. The van der Waals surface area contributed by atoms with Crippen LogP contribution in [-0.4, -0.2) is 18.6 Å². The summed E-state index contributed by atoms with van der Waals surface area (Å²) in [6, 6.07) is 4.50. The normalized spacial score (nSPS) is 18.8. The average molecular weight is 298 g/mol. The summed E-state index contributed by atoms with van der Waals surface area (Å²) in [5.74, 6) is 0. The van der Waals surface area contributed by atoms with Crippen molar-refractivity contribution < 1.29 is 13.2 Å². The van der Waals surface area contributed by atoms with Gasteiger partial charge in [-0.2, -0.15) is 13.2 Å². The molecule has 1 saturated heterocycles. The minimum atomic E-state index is -4.34. The van der Waals surface area contributed by atoms with Gasteiger partial charge in [-0.1, -0.05) is 0 Å². The van der Waals surface area contributed by atoms with Crippen LogP contribution in [0.5, 0.6) is 0 Å². The van der Waals surface area contributed by atoms with E-state index in [2.05, 4.69) is 4.99 Å². The van der Waals surface area contributed by atoms with Crippen LogP contribution < -0.4 is 9.89 Å². The molecule has 0 N–H and O–H groups in total. The van der Waals surface area contributed by atoms with Gasteiger partial charge < -0.3 is 4.90 Å². The van der Waals surface area contributed by atoms with E-state index in [0.29, 0.717) is 24.4 Å². The first-order valence-corrected chi connectivity index (χ1v) is 7.35. The van der Waals surface area contributed by atoms with E-state index in [4.69, 9.17) is 0 Å². The van der Waals surface area contributed by atoms with Gasteiger partial charge in [0.2, 0.25) is 0 Å². The maximum atomic E-state index is 13.3. The molecule has 0 saturated carbocycles. The molecule has 0 atom stereocenters. The van der Waals surface area contributed by atoms with Crippen LogP contribution in [0.25, 0.3) is 5.70 Å². The summed E-state index contributed by atoms with van der Waals surface area (Å²) in [6.07, 6.45) is -2.44. The third-order valence-corrected chi connectivity index (χ3v) is 4.06. The Hall–Kier alpha value is -1.43. The Labute approximate surface area is 119 Å². The zero-order valence-electron chi connectivity index (χ0n) is 10.7. The number of rotatable bonds is 2. The minimum Gasteiger partial charge on any atom is -0.371 e. The molecule has 3 rings (SSSR count). The number of anilines is 1. The molecule has 0 aromatic heterocycles. The van der Waals surface area contributed by atoms with E-state index in [1.54, 1.807) is 23.1 Å². The highest BCUT2D eigenvalue weighted by atomic mass is 32.2. The van der Waals surface area contributed by atoms with Crippen molar-refractivity contribution in [2.45, 2.75) is 19.0 Å². The Morgan fingerprint density at radius 1 is 1.15 bits per heavy atom. The summed E-state index contributed by atoms with van der Waals surface area (Å²) < 4.78 is 39.8. The number of hydrogen-bond acceptors (Lipinski definition) is 3. The molecule has 1 radical (unpaired) electrons. The number of benzene rings is 1. The monoisotopic (exact) mass is 298 g/mol. The number of nitrogens with zero attached hydrogens (tertiary/aromatic N) is 2. The highest BCUT2D eigenvalue weighted by molar-refractivity contribution is 8.15. The molecular formula is C14H13F3N2S+. The lowest BCUT2D eigenvalue weighted by molar-refractivity contribution is -0.137. The number of aliphatic imine (C=N–C) groups is 1. The summed E-state index contributed by atoms with van der Waals surface area (Å²) >= 11 is 1.37. The highest BCUT2D eigenvalue weighted by Crippen LogP contribution is 2.39. The summed E-state index contributed by atoms with van der Waals surface area (Å²) in [5, 5.41) is 1.75. The first-order valence-electron chi connectivity index (χ1n) is 6.40. The molecule has 20 heavy (non-hydrogen) atoms. The lowest BCUT2D eigenvalue weighted by Crippen LogP contribution is -2.22. The Balaban J connectivity index is 2.04. The summed E-state index contributed by atoms with van der Waals surface area (Å²) in [6.45, 7) is 1.39. The Morgan fingerprint density at radius 3 is 2.50 bits per heavy atom. The molecule has 6 heteroatoms. The van der Waals surface area contributed by atoms with Crippen LogP contribution in [0.1, 0.15) is 24.0 Å². The predicted octanol–water partition coefficient (Wildman–Crippen LogP) is 3.71. The lowest BCUT2D eigenvalue weighted by Gasteiger charge is -2.22. The van der Waals surface area contributed by atoms with E-state index in [-0.39, 0.29) is 5.69 Å². The van der Waals surface area contributed by atoms with Gasteiger partial charge in [0, 0.05) is 18.8 Å². The zero-order chi connectivity index (χ0) is 14.2. The van der Waals surface area contributed by atoms with Gasteiger partial charge in [-0.3, -0.25) is 0 Å². The van der Waals surface area contributed by atoms with Gasteiger partial charge in [-0.15, -0.1) is 0 Å². The third-order valence-electron chi connectivity index (χ3n) is 3.48. The Bertz CT molecular complexity index is 572. The molecule has 0 bridgehead atoms. The van der Waals surface area contributed by atoms with Crippen molar-refractivity contribution in [1.82, 2.24) is 4.99 Å². The van der Waals surface area contributed by atoms with Crippen LogP contribution in [0.15, 0.2) is 23.6 Å². The lowest BCUT2D eigenvalue weighted by atomic mass is 10.1. The SMILES string of the molecule is FC(F)(F)c1cc(C2=CSC=[N+]2)ccc1N1CCCC1. The van der Waals surface area contributed by atoms with Gasteiger partial charge in [0.1, 0.15) is 0 Å². The van der Waals surface area contributed by atoms with Gasteiger partial charge in [-0.25, -0.2) is 0 Å². The minimum absolute atomic E-state index is 0.286. The Kier molecular flexibility index (Phi) is 3.50. The summed E-state index contributed by atoms with van der Waals surface area (Å²) in [7, 11) is 0. The molecule has 2 nitrogen and oxygen atoms in total. The molecule has 2 aliphatic rings. The topological polar surface area (TPSA) is 17.3 Å². The highest BCUT2D eigenvalue weighted by Gasteiger charge is 2.36. The number of thioether (sulfide) groups is 1. The van der Waals surface area contributed by atoms with Crippen molar-refractivity contribution >= 4 is 28.7 Å². The molecule has 0 unspecified atom stereocenters. The Morgan fingerprint density at radius 2 is 1.90 bits per heavy atom. The molecule has 105 valence electrons. The van der Waals surface area contributed by atoms with Gasteiger partial charge in [0.15, 0.2) is 0 Å². The number of alkyl halides is 3.